The molecule has 0 radical (unpaired) electrons. The summed E-state index contributed by atoms with van der Waals surface area (Å²) in [5.74, 6) is -2.57. The number of nitrogens with two attached hydrogens (primary N) is 1. The van der Waals surface area contributed by atoms with E-state index >= 15 is 0 Å². The van der Waals surface area contributed by atoms with E-state index in [4.69, 9.17) is 50.8 Å². The lowest BCUT2D eigenvalue weighted by Crippen LogP contribution is -2.66. The second-order valence-electron chi connectivity index (χ2n) is 9.90. The molecule has 1 fully saturated rings. The van der Waals surface area contributed by atoms with Gasteiger partial charge in [-0.2, -0.15) is 5.10 Å². The summed E-state index contributed by atoms with van der Waals surface area (Å²) in [6.45, 7) is 6.50. The Labute approximate surface area is 263 Å². The maximum Gasteiger partial charge on any atom is 0.336 e. The van der Waals surface area contributed by atoms with Gasteiger partial charge in [-0.1, -0.05) is 13.3 Å². The molecule has 2 aromatic rings. The number of thiocarbonyl (C=S) groups is 1. The fraction of sp³-hybridized carbons (Fsp3) is 0.483. The Morgan fingerprint density at radius 2 is 1.62 bits per heavy atom. The molecule has 1 aromatic heterocycles. The smallest absolute Gasteiger partial charge is 0.336 e. The quantitative estimate of drug-likeness (QED) is 0.0666. The van der Waals surface area contributed by atoms with Crippen LogP contribution in [0.25, 0.3) is 11.0 Å². The van der Waals surface area contributed by atoms with Gasteiger partial charge < -0.3 is 38.6 Å². The average Bonchev–Trinajstić information content (AvgIpc) is 2.94. The van der Waals surface area contributed by atoms with Crippen molar-refractivity contribution in [1.29, 1.82) is 0 Å². The number of hydrazone groups is 1. The molecular formula is C29H35N3O12S. The third kappa shape index (κ3) is 9.71. The van der Waals surface area contributed by atoms with E-state index in [2.05, 4.69) is 5.10 Å². The number of ether oxygens (including phenoxy) is 6. The molecule has 1 aromatic carbocycles. The van der Waals surface area contributed by atoms with E-state index in [1.165, 1.54) is 12.3 Å². The molecule has 2 N–H and O–H groups in total. The monoisotopic (exact) mass is 649 g/mol. The molecule has 45 heavy (non-hydrogen) atoms. The van der Waals surface area contributed by atoms with E-state index in [1.807, 2.05) is 6.92 Å². The van der Waals surface area contributed by atoms with Crippen LogP contribution < -0.4 is 16.1 Å². The normalized spacial score (nSPS) is 21.1. The van der Waals surface area contributed by atoms with Gasteiger partial charge in [0.05, 0.1) is 12.8 Å². The molecular weight excluding hydrogens is 614 g/mol. The van der Waals surface area contributed by atoms with Crippen LogP contribution in [0.1, 0.15) is 53.0 Å². The Kier molecular flexibility index (Phi) is 12.4. The van der Waals surface area contributed by atoms with Gasteiger partial charge in [-0.25, -0.2) is 9.80 Å². The van der Waals surface area contributed by atoms with Crippen molar-refractivity contribution in [2.45, 2.75) is 78.1 Å². The van der Waals surface area contributed by atoms with Gasteiger partial charge in [-0.3, -0.25) is 19.2 Å². The number of fused-ring (bicyclic) bond motifs is 1. The number of benzene rings is 1. The van der Waals surface area contributed by atoms with Crippen LogP contribution >= 0.6 is 12.2 Å². The lowest BCUT2D eigenvalue weighted by atomic mass is 9.97. The number of hydrogen-bond donors (Lipinski definition) is 1. The minimum atomic E-state index is -1.51. The highest BCUT2D eigenvalue weighted by atomic mass is 32.1. The molecule has 3 rings (SSSR count). The number of carbonyl (C=O) groups is 4. The summed E-state index contributed by atoms with van der Waals surface area (Å²) in [6, 6.07) is 6.11. The van der Waals surface area contributed by atoms with Crippen LogP contribution in [0.2, 0.25) is 0 Å². The molecule has 0 saturated carbocycles. The summed E-state index contributed by atoms with van der Waals surface area (Å²) in [6.07, 6.45) is -4.12. The van der Waals surface area contributed by atoms with Crippen molar-refractivity contribution in [2.24, 2.45) is 10.8 Å². The van der Waals surface area contributed by atoms with E-state index in [0.717, 1.165) is 45.5 Å². The molecule has 0 aliphatic carbocycles. The van der Waals surface area contributed by atoms with Crippen LogP contribution in [0.15, 0.2) is 38.6 Å². The van der Waals surface area contributed by atoms with Crippen LogP contribution in [-0.2, 0) is 42.9 Å². The van der Waals surface area contributed by atoms with Crippen LogP contribution in [0.4, 0.5) is 0 Å². The largest absolute Gasteiger partial charge is 0.494 e. The zero-order chi connectivity index (χ0) is 33.3. The van der Waals surface area contributed by atoms with Gasteiger partial charge in [0.1, 0.15) is 24.0 Å². The molecule has 1 aliphatic heterocycles. The maximum atomic E-state index is 12.4. The van der Waals surface area contributed by atoms with Gasteiger partial charge in [0.25, 0.3) is 0 Å². The first kappa shape index (κ1) is 34.9. The van der Waals surface area contributed by atoms with Crippen LogP contribution in [0, 0.1) is 0 Å². The van der Waals surface area contributed by atoms with E-state index in [-0.39, 0.29) is 16.3 Å². The Hall–Kier alpha value is -4.57. The van der Waals surface area contributed by atoms with Gasteiger partial charge in [0, 0.05) is 44.7 Å². The lowest BCUT2D eigenvalue weighted by molar-refractivity contribution is -0.271. The second kappa shape index (κ2) is 15.9. The van der Waals surface area contributed by atoms with Crippen LogP contribution in [0.3, 0.4) is 0 Å². The fourth-order valence-electron chi connectivity index (χ4n) is 4.47. The van der Waals surface area contributed by atoms with Gasteiger partial charge >= 0.3 is 29.5 Å². The minimum absolute atomic E-state index is 0.251. The molecule has 5 atom stereocenters. The fourth-order valence-corrected chi connectivity index (χ4v) is 4.62. The van der Waals surface area contributed by atoms with Crippen molar-refractivity contribution in [3.8, 4) is 5.75 Å². The third-order valence-electron chi connectivity index (χ3n) is 6.27. The summed E-state index contributed by atoms with van der Waals surface area (Å²) in [4.78, 5) is 60.4. The van der Waals surface area contributed by atoms with Crippen LogP contribution in [-0.4, -0.2) is 84.1 Å². The van der Waals surface area contributed by atoms with Crippen molar-refractivity contribution in [3.05, 3.63) is 40.2 Å². The molecule has 1 saturated heterocycles. The molecule has 0 amide bonds. The predicted molar refractivity (Wildman–Crippen MR) is 161 cm³/mol. The van der Waals surface area contributed by atoms with Gasteiger partial charge in [0.2, 0.25) is 0 Å². The number of unbranched alkanes of at least 4 members (excludes halogenated alkanes) is 1. The van der Waals surface area contributed by atoms with Crippen LogP contribution in [0.5, 0.6) is 5.75 Å². The predicted octanol–water partition coefficient (Wildman–Crippen LogP) is 1.93. The van der Waals surface area contributed by atoms with Crippen molar-refractivity contribution < 1.29 is 52.0 Å². The standard InChI is InChI=1S/C29H35N3O12S/c1-6-7-10-38-20-8-9-22-21(12-20)19(11-24(37)43-22)13-31-32(29(30)45)28-27(42-18(5)36)26(41-17(4)35)25(40-16(3)34)23(44-28)14-39-15(2)33/h8-9,11-13,23,25-28H,6-7,10,14H2,1-5H3,(H2,30,45)/t23-,25-,26+,27-,28-/m1/s1. The Bertz CT molecular complexity index is 1510. The summed E-state index contributed by atoms with van der Waals surface area (Å²) in [5.41, 5.74) is 5.90. The van der Waals surface area contributed by atoms with E-state index in [1.54, 1.807) is 18.2 Å². The molecule has 0 spiro atoms. The molecule has 0 bridgehead atoms. The molecule has 0 unspecified atom stereocenters. The zero-order valence-corrected chi connectivity index (χ0v) is 26.2. The third-order valence-corrected chi connectivity index (χ3v) is 6.45. The maximum absolute atomic E-state index is 12.4. The summed E-state index contributed by atoms with van der Waals surface area (Å²) < 4.78 is 38.6. The first-order valence-corrected chi connectivity index (χ1v) is 14.3. The highest BCUT2D eigenvalue weighted by Crippen LogP contribution is 2.31. The first-order valence-electron chi connectivity index (χ1n) is 13.9. The number of carbonyl (C=O) groups excluding carboxylic acids is 4. The Balaban J connectivity index is 2.11. The molecule has 2 heterocycles. The minimum Gasteiger partial charge on any atom is -0.494 e. The van der Waals surface area contributed by atoms with Gasteiger partial charge in [-0.15, -0.1) is 0 Å². The molecule has 15 nitrogen and oxygen atoms in total. The topological polar surface area (TPSA) is 195 Å². The molecule has 16 heteroatoms. The van der Waals surface area contributed by atoms with Gasteiger partial charge in [0.15, 0.2) is 29.7 Å². The van der Waals surface area contributed by atoms with Crippen molar-refractivity contribution >= 4 is 58.4 Å². The second-order valence-corrected chi connectivity index (χ2v) is 10.3. The van der Waals surface area contributed by atoms with E-state index in [9.17, 15) is 24.0 Å². The molecule has 1 aliphatic rings. The van der Waals surface area contributed by atoms with E-state index in [0.29, 0.717) is 17.7 Å². The number of hydrogen-bond acceptors (Lipinski definition) is 14. The number of nitrogens with zero attached hydrogens (tertiary/aromatic N) is 2. The zero-order valence-electron chi connectivity index (χ0n) is 25.4. The SMILES string of the molecule is CCCCOc1ccc2oc(=O)cc(C=NN(C(N)=S)[C@@H]3O[C@H](COC(C)=O)[C@@H](OC(C)=O)[C@H](OC(C)=O)[C@H]3OC(C)=O)c2c1. The Morgan fingerprint density at radius 3 is 2.22 bits per heavy atom. The first-order chi connectivity index (χ1) is 21.3. The summed E-state index contributed by atoms with van der Waals surface area (Å²) in [7, 11) is 0. The lowest BCUT2D eigenvalue weighted by Gasteiger charge is -2.46. The van der Waals surface area contributed by atoms with E-state index < -0.39 is 66.8 Å². The highest BCUT2D eigenvalue weighted by Gasteiger charge is 2.54. The number of esters is 4. The Morgan fingerprint density at radius 1 is 0.978 bits per heavy atom. The van der Waals surface area contributed by atoms with Crippen molar-refractivity contribution in [3.63, 3.8) is 0 Å². The number of rotatable bonds is 12. The summed E-state index contributed by atoms with van der Waals surface area (Å²) in [5, 5.41) is 5.38. The average molecular weight is 650 g/mol. The highest BCUT2D eigenvalue weighted by molar-refractivity contribution is 7.80. The summed E-state index contributed by atoms with van der Waals surface area (Å²) >= 11 is 5.24. The van der Waals surface area contributed by atoms with Crippen molar-refractivity contribution in [1.82, 2.24) is 5.01 Å². The molecule has 244 valence electrons. The van der Waals surface area contributed by atoms with Gasteiger partial charge in [-0.05, 0) is 36.8 Å². The van der Waals surface area contributed by atoms with Crippen molar-refractivity contribution in [2.75, 3.05) is 13.2 Å².